The summed E-state index contributed by atoms with van der Waals surface area (Å²) in [5, 5.41) is 11.1. The maximum Gasteiger partial charge on any atom is 0.243 e. The van der Waals surface area contributed by atoms with Crippen molar-refractivity contribution in [3.8, 4) is 0 Å². The molecule has 0 bridgehead atoms. The van der Waals surface area contributed by atoms with E-state index in [1.807, 2.05) is 24.3 Å². The minimum atomic E-state index is -3.85. The topological polar surface area (TPSA) is 106 Å². The molecule has 4 rings (SSSR count). The van der Waals surface area contributed by atoms with Gasteiger partial charge in [0, 0.05) is 20.2 Å². The monoisotopic (exact) mass is 471 g/mol. The SMILES string of the molecule is CCc1ccc(CNC(=O)C2CCCN2S(=O)(=O)c2ccc3c(c2)nnn3CCOC)cc1. The van der Waals surface area contributed by atoms with E-state index >= 15 is 0 Å². The van der Waals surface area contributed by atoms with Gasteiger partial charge in [-0.15, -0.1) is 5.10 Å². The second kappa shape index (κ2) is 9.98. The lowest BCUT2D eigenvalue weighted by atomic mass is 10.1. The fourth-order valence-electron chi connectivity index (χ4n) is 4.08. The van der Waals surface area contributed by atoms with Crippen LogP contribution in [0, 0.1) is 0 Å². The average Bonchev–Trinajstić information content (AvgIpc) is 3.49. The third-order valence-corrected chi connectivity index (χ3v) is 7.91. The minimum absolute atomic E-state index is 0.114. The lowest BCUT2D eigenvalue weighted by molar-refractivity contribution is -0.124. The predicted molar refractivity (Wildman–Crippen MR) is 124 cm³/mol. The highest BCUT2D eigenvalue weighted by molar-refractivity contribution is 7.89. The van der Waals surface area contributed by atoms with Gasteiger partial charge in [-0.2, -0.15) is 4.31 Å². The molecule has 1 unspecified atom stereocenters. The number of hydrogen-bond donors (Lipinski definition) is 1. The number of carbonyl (C=O) groups is 1. The number of fused-ring (bicyclic) bond motifs is 1. The van der Waals surface area contributed by atoms with Crippen molar-refractivity contribution in [2.45, 2.75) is 50.2 Å². The molecule has 10 heteroatoms. The Morgan fingerprint density at radius 2 is 1.94 bits per heavy atom. The number of methoxy groups -OCH3 is 1. The van der Waals surface area contributed by atoms with Gasteiger partial charge < -0.3 is 10.1 Å². The van der Waals surface area contributed by atoms with Crippen LogP contribution in [0.3, 0.4) is 0 Å². The third kappa shape index (κ3) is 4.92. The van der Waals surface area contributed by atoms with E-state index in [0.717, 1.165) is 17.5 Å². The van der Waals surface area contributed by atoms with Crippen LogP contribution in [0.25, 0.3) is 11.0 Å². The van der Waals surface area contributed by atoms with Crippen molar-refractivity contribution in [3.63, 3.8) is 0 Å². The van der Waals surface area contributed by atoms with Gasteiger partial charge in [0.25, 0.3) is 0 Å². The molecule has 0 radical (unpaired) electrons. The molecule has 1 aliphatic rings. The Morgan fingerprint density at radius 1 is 1.18 bits per heavy atom. The van der Waals surface area contributed by atoms with Crippen LogP contribution >= 0.6 is 0 Å². The Morgan fingerprint density at radius 3 is 2.67 bits per heavy atom. The second-order valence-corrected chi connectivity index (χ2v) is 10.0. The average molecular weight is 472 g/mol. The van der Waals surface area contributed by atoms with Gasteiger partial charge in [-0.1, -0.05) is 36.4 Å². The molecule has 176 valence electrons. The first-order valence-electron chi connectivity index (χ1n) is 11.1. The van der Waals surface area contributed by atoms with E-state index in [-0.39, 0.29) is 10.8 Å². The summed E-state index contributed by atoms with van der Waals surface area (Å²) in [7, 11) is -2.25. The summed E-state index contributed by atoms with van der Waals surface area (Å²) in [6.45, 7) is 3.77. The molecule has 1 amide bonds. The molecule has 1 N–H and O–H groups in total. The van der Waals surface area contributed by atoms with Crippen molar-refractivity contribution >= 4 is 27.0 Å². The highest BCUT2D eigenvalue weighted by Gasteiger charge is 2.39. The zero-order valence-electron chi connectivity index (χ0n) is 18.9. The van der Waals surface area contributed by atoms with Crippen LogP contribution in [0.5, 0.6) is 0 Å². The van der Waals surface area contributed by atoms with E-state index in [1.54, 1.807) is 23.9 Å². The molecule has 1 aromatic heterocycles. The number of ether oxygens (including phenoxy) is 1. The second-order valence-electron chi connectivity index (χ2n) is 8.12. The number of sulfonamides is 1. The van der Waals surface area contributed by atoms with Gasteiger partial charge in [0.05, 0.1) is 23.6 Å². The van der Waals surface area contributed by atoms with Gasteiger partial charge in [-0.3, -0.25) is 4.79 Å². The van der Waals surface area contributed by atoms with Crippen LogP contribution in [0.4, 0.5) is 0 Å². The van der Waals surface area contributed by atoms with Gasteiger partial charge in [-0.25, -0.2) is 13.1 Å². The van der Waals surface area contributed by atoms with Crippen molar-refractivity contribution in [2.24, 2.45) is 0 Å². The van der Waals surface area contributed by atoms with Crippen LogP contribution < -0.4 is 5.32 Å². The Hall–Kier alpha value is -2.82. The third-order valence-electron chi connectivity index (χ3n) is 6.00. The Kier molecular flexibility index (Phi) is 7.06. The predicted octanol–water partition coefficient (Wildman–Crippen LogP) is 2.11. The summed E-state index contributed by atoms with van der Waals surface area (Å²) >= 11 is 0. The molecule has 1 fully saturated rings. The number of rotatable bonds is 9. The van der Waals surface area contributed by atoms with E-state index in [9.17, 15) is 13.2 Å². The molecule has 3 aromatic rings. The molecule has 0 saturated carbocycles. The van der Waals surface area contributed by atoms with Crippen LogP contribution in [-0.2, 0) is 39.1 Å². The molecular weight excluding hydrogens is 442 g/mol. The first-order valence-corrected chi connectivity index (χ1v) is 12.6. The van der Waals surface area contributed by atoms with Gasteiger partial charge in [-0.05, 0) is 48.6 Å². The first-order chi connectivity index (χ1) is 15.9. The minimum Gasteiger partial charge on any atom is -0.383 e. The van der Waals surface area contributed by atoms with E-state index in [1.165, 1.54) is 15.9 Å². The van der Waals surface area contributed by atoms with Crippen molar-refractivity contribution in [1.29, 1.82) is 0 Å². The van der Waals surface area contributed by atoms with Crippen molar-refractivity contribution in [1.82, 2.24) is 24.6 Å². The van der Waals surface area contributed by atoms with Crippen molar-refractivity contribution in [3.05, 3.63) is 53.6 Å². The van der Waals surface area contributed by atoms with Gasteiger partial charge in [0.2, 0.25) is 15.9 Å². The molecule has 1 atom stereocenters. The first kappa shape index (κ1) is 23.3. The Bertz CT molecular complexity index is 1220. The maximum atomic E-state index is 13.4. The van der Waals surface area contributed by atoms with Crippen LogP contribution in [0.2, 0.25) is 0 Å². The van der Waals surface area contributed by atoms with E-state index in [2.05, 4.69) is 22.6 Å². The molecule has 0 aliphatic carbocycles. The number of aryl methyl sites for hydroxylation is 1. The fourth-order valence-corrected chi connectivity index (χ4v) is 5.76. The summed E-state index contributed by atoms with van der Waals surface area (Å²) in [5.41, 5.74) is 3.43. The Balaban J connectivity index is 1.48. The maximum absolute atomic E-state index is 13.4. The van der Waals surface area contributed by atoms with Crippen molar-refractivity contribution < 1.29 is 17.9 Å². The standard InChI is InChI=1S/C23H29N5O4S/c1-3-17-6-8-18(9-7-17)16-24-23(29)22-5-4-12-28(22)33(30,31)19-10-11-21-20(15-19)25-26-27(21)13-14-32-2/h6-11,15,22H,3-5,12-14,16H2,1-2H3,(H,24,29). The number of benzene rings is 2. The lowest BCUT2D eigenvalue weighted by Gasteiger charge is -2.23. The highest BCUT2D eigenvalue weighted by Crippen LogP contribution is 2.28. The van der Waals surface area contributed by atoms with E-state index in [0.29, 0.717) is 44.6 Å². The molecular formula is C23H29N5O4S. The highest BCUT2D eigenvalue weighted by atomic mass is 32.2. The normalized spacial score (nSPS) is 17.0. The molecule has 1 aliphatic heterocycles. The number of carbonyl (C=O) groups excluding carboxylic acids is 1. The van der Waals surface area contributed by atoms with Gasteiger partial charge in [0.1, 0.15) is 11.6 Å². The lowest BCUT2D eigenvalue weighted by Crippen LogP contribution is -2.45. The Labute approximate surface area is 193 Å². The number of hydrogen-bond acceptors (Lipinski definition) is 6. The number of aromatic nitrogens is 3. The zero-order valence-corrected chi connectivity index (χ0v) is 19.7. The largest absolute Gasteiger partial charge is 0.383 e. The number of nitrogens with zero attached hydrogens (tertiary/aromatic N) is 4. The number of nitrogens with one attached hydrogen (secondary N) is 1. The molecule has 9 nitrogen and oxygen atoms in total. The zero-order chi connectivity index (χ0) is 23.4. The molecule has 0 spiro atoms. The van der Waals surface area contributed by atoms with E-state index < -0.39 is 16.1 Å². The smallest absolute Gasteiger partial charge is 0.243 e. The molecule has 33 heavy (non-hydrogen) atoms. The van der Waals surface area contributed by atoms with Crippen LogP contribution in [-0.4, -0.2) is 59.9 Å². The van der Waals surface area contributed by atoms with Gasteiger partial charge >= 0.3 is 0 Å². The van der Waals surface area contributed by atoms with Crippen molar-refractivity contribution in [2.75, 3.05) is 20.3 Å². The molecule has 2 aromatic carbocycles. The van der Waals surface area contributed by atoms with Gasteiger partial charge in [0.15, 0.2) is 0 Å². The summed E-state index contributed by atoms with van der Waals surface area (Å²) in [6, 6.07) is 12.1. The van der Waals surface area contributed by atoms with Crippen LogP contribution in [0.15, 0.2) is 47.4 Å². The summed E-state index contributed by atoms with van der Waals surface area (Å²) in [4.78, 5) is 13.0. The summed E-state index contributed by atoms with van der Waals surface area (Å²) in [6.07, 6.45) is 2.09. The van der Waals surface area contributed by atoms with E-state index in [4.69, 9.17) is 4.74 Å². The molecule has 1 saturated heterocycles. The summed E-state index contributed by atoms with van der Waals surface area (Å²) in [5.74, 6) is -0.276. The number of amides is 1. The summed E-state index contributed by atoms with van der Waals surface area (Å²) < 4.78 is 34.8. The fraction of sp³-hybridized carbons (Fsp3) is 0.435. The van der Waals surface area contributed by atoms with Crippen LogP contribution in [0.1, 0.15) is 30.9 Å². The quantitative estimate of drug-likeness (QED) is 0.512. The molecule has 2 heterocycles.